The van der Waals surface area contributed by atoms with Gasteiger partial charge in [0.25, 0.3) is 0 Å². The Morgan fingerprint density at radius 1 is 1.25 bits per heavy atom. The zero-order chi connectivity index (χ0) is 11.6. The van der Waals surface area contributed by atoms with Crippen molar-refractivity contribution in [1.29, 1.82) is 0 Å². The minimum absolute atomic E-state index is 0.893. The molecule has 0 aliphatic carbocycles. The Morgan fingerprint density at radius 2 is 2.06 bits per heavy atom. The van der Waals surface area contributed by atoms with Crippen molar-refractivity contribution in [1.82, 2.24) is 10.3 Å². The molecule has 0 unspecified atom stereocenters. The summed E-state index contributed by atoms with van der Waals surface area (Å²) in [7, 11) is 0. The molecule has 0 atom stereocenters. The molecule has 0 amide bonds. The van der Waals surface area contributed by atoms with Gasteiger partial charge in [-0.15, -0.1) is 0 Å². The van der Waals surface area contributed by atoms with Crippen LogP contribution in [0.25, 0.3) is 0 Å². The molecule has 1 N–H and O–H groups in total. The number of nitrogens with one attached hydrogen (secondary N) is 1. The van der Waals surface area contributed by atoms with Crippen molar-refractivity contribution >= 4 is 11.8 Å². The van der Waals surface area contributed by atoms with Crippen LogP contribution in [0.4, 0.5) is 0 Å². The van der Waals surface area contributed by atoms with Gasteiger partial charge in [-0.1, -0.05) is 19.9 Å². The molecule has 0 aromatic carbocycles. The van der Waals surface area contributed by atoms with Crippen LogP contribution in [0.1, 0.15) is 31.7 Å². The molecule has 16 heavy (non-hydrogen) atoms. The molecule has 0 fully saturated rings. The van der Waals surface area contributed by atoms with Gasteiger partial charge in [0.05, 0.1) is 5.69 Å². The first-order chi connectivity index (χ1) is 7.86. The van der Waals surface area contributed by atoms with Gasteiger partial charge in [0.15, 0.2) is 0 Å². The molecule has 0 saturated heterocycles. The molecule has 1 heterocycles. The lowest BCUT2D eigenvalue weighted by molar-refractivity contribution is 0.665. The third kappa shape index (κ3) is 5.52. The third-order valence-corrected chi connectivity index (χ3v) is 3.36. The van der Waals surface area contributed by atoms with E-state index in [9.17, 15) is 0 Å². The summed E-state index contributed by atoms with van der Waals surface area (Å²) in [5.41, 5.74) is 2.34. The van der Waals surface area contributed by atoms with Crippen LogP contribution in [-0.2, 0) is 13.0 Å². The van der Waals surface area contributed by atoms with Crippen LogP contribution in [0.3, 0.4) is 0 Å². The number of aryl methyl sites for hydroxylation is 1. The lowest BCUT2D eigenvalue weighted by atomic mass is 10.2. The van der Waals surface area contributed by atoms with Gasteiger partial charge in [0.2, 0.25) is 0 Å². The summed E-state index contributed by atoms with van der Waals surface area (Å²) in [6.07, 6.45) is 2.26. The van der Waals surface area contributed by atoms with E-state index >= 15 is 0 Å². The molecular formula is C13H22N2S. The van der Waals surface area contributed by atoms with Gasteiger partial charge in [-0.3, -0.25) is 4.98 Å². The first kappa shape index (κ1) is 13.5. The molecule has 1 rings (SSSR count). The molecule has 0 spiro atoms. The van der Waals surface area contributed by atoms with Crippen LogP contribution in [0.5, 0.6) is 0 Å². The van der Waals surface area contributed by atoms with Crippen molar-refractivity contribution < 1.29 is 0 Å². The average molecular weight is 238 g/mol. The first-order valence-electron chi connectivity index (χ1n) is 6.10. The molecular weight excluding hydrogens is 216 g/mol. The first-order valence-corrected chi connectivity index (χ1v) is 7.25. The van der Waals surface area contributed by atoms with E-state index in [0.717, 1.165) is 25.2 Å². The topological polar surface area (TPSA) is 24.9 Å². The predicted molar refractivity (Wildman–Crippen MR) is 72.9 cm³/mol. The minimum Gasteiger partial charge on any atom is -0.311 e. The van der Waals surface area contributed by atoms with Crippen LogP contribution in [0.15, 0.2) is 18.2 Å². The highest BCUT2D eigenvalue weighted by molar-refractivity contribution is 7.99. The van der Waals surface area contributed by atoms with Crippen LogP contribution in [0.2, 0.25) is 0 Å². The molecule has 0 bridgehead atoms. The molecule has 1 aromatic heterocycles. The fraction of sp³-hybridized carbons (Fsp3) is 0.615. The van der Waals surface area contributed by atoms with E-state index in [1.165, 1.54) is 23.6 Å². The zero-order valence-electron chi connectivity index (χ0n) is 10.3. The summed E-state index contributed by atoms with van der Waals surface area (Å²) in [5, 5.41) is 3.44. The van der Waals surface area contributed by atoms with Gasteiger partial charge in [0.1, 0.15) is 0 Å². The number of rotatable bonds is 8. The second-order valence-electron chi connectivity index (χ2n) is 3.70. The number of aromatic nitrogens is 1. The fourth-order valence-corrected chi connectivity index (χ4v) is 2.12. The number of hydrogen-bond donors (Lipinski definition) is 1. The Labute approximate surface area is 103 Å². The number of thioether (sulfide) groups is 1. The Hall–Kier alpha value is -0.540. The van der Waals surface area contributed by atoms with E-state index in [4.69, 9.17) is 0 Å². The average Bonchev–Trinajstić information content (AvgIpc) is 2.34. The number of pyridine rings is 1. The molecule has 90 valence electrons. The van der Waals surface area contributed by atoms with Crippen molar-refractivity contribution in [3.05, 3.63) is 29.6 Å². The van der Waals surface area contributed by atoms with Crippen molar-refractivity contribution in [2.75, 3.05) is 18.1 Å². The summed E-state index contributed by atoms with van der Waals surface area (Å²) in [6.45, 7) is 6.33. The standard InChI is InChI=1S/C13H22N2S/c1-3-12-7-5-8-13(15-12)11-14-9-6-10-16-4-2/h5,7-8,14H,3-4,6,9-11H2,1-2H3. The van der Waals surface area contributed by atoms with Gasteiger partial charge in [-0.25, -0.2) is 0 Å². The molecule has 2 nitrogen and oxygen atoms in total. The molecule has 0 radical (unpaired) electrons. The van der Waals surface area contributed by atoms with E-state index in [2.05, 4.69) is 42.3 Å². The molecule has 0 aliphatic heterocycles. The van der Waals surface area contributed by atoms with Gasteiger partial charge < -0.3 is 5.32 Å². The van der Waals surface area contributed by atoms with Gasteiger partial charge >= 0.3 is 0 Å². The van der Waals surface area contributed by atoms with E-state index in [-0.39, 0.29) is 0 Å². The largest absolute Gasteiger partial charge is 0.311 e. The lowest BCUT2D eigenvalue weighted by Gasteiger charge is -2.05. The van der Waals surface area contributed by atoms with Gasteiger partial charge in [-0.05, 0) is 43.0 Å². The SMILES string of the molecule is CCSCCCNCc1cccc(CC)n1. The lowest BCUT2D eigenvalue weighted by Crippen LogP contribution is -2.16. The minimum atomic E-state index is 0.893. The second-order valence-corrected chi connectivity index (χ2v) is 5.09. The van der Waals surface area contributed by atoms with E-state index < -0.39 is 0 Å². The van der Waals surface area contributed by atoms with Crippen molar-refractivity contribution in [2.24, 2.45) is 0 Å². The summed E-state index contributed by atoms with van der Waals surface area (Å²) in [5.74, 6) is 2.48. The fourth-order valence-electron chi connectivity index (χ4n) is 1.48. The normalized spacial score (nSPS) is 10.6. The number of hydrogen-bond acceptors (Lipinski definition) is 3. The monoisotopic (exact) mass is 238 g/mol. The van der Waals surface area contributed by atoms with Gasteiger partial charge in [0, 0.05) is 12.2 Å². The smallest absolute Gasteiger partial charge is 0.0544 e. The summed E-state index contributed by atoms with van der Waals surface area (Å²) in [4.78, 5) is 4.56. The van der Waals surface area contributed by atoms with Crippen LogP contribution >= 0.6 is 11.8 Å². The third-order valence-electron chi connectivity index (χ3n) is 2.38. The highest BCUT2D eigenvalue weighted by Gasteiger charge is 1.95. The van der Waals surface area contributed by atoms with Gasteiger partial charge in [-0.2, -0.15) is 11.8 Å². The van der Waals surface area contributed by atoms with E-state index in [1.807, 2.05) is 11.8 Å². The predicted octanol–water partition coefficient (Wildman–Crippen LogP) is 2.88. The highest BCUT2D eigenvalue weighted by Crippen LogP contribution is 2.01. The van der Waals surface area contributed by atoms with E-state index in [1.54, 1.807) is 0 Å². The Kier molecular flexibility index (Phi) is 7.26. The maximum absolute atomic E-state index is 4.56. The summed E-state index contributed by atoms with van der Waals surface area (Å²) < 4.78 is 0. The zero-order valence-corrected chi connectivity index (χ0v) is 11.1. The van der Waals surface area contributed by atoms with Crippen molar-refractivity contribution in [3.63, 3.8) is 0 Å². The van der Waals surface area contributed by atoms with Crippen LogP contribution < -0.4 is 5.32 Å². The molecule has 1 aromatic rings. The Bertz CT molecular complexity index is 289. The summed E-state index contributed by atoms with van der Waals surface area (Å²) >= 11 is 2.00. The maximum Gasteiger partial charge on any atom is 0.0544 e. The summed E-state index contributed by atoms with van der Waals surface area (Å²) in [6, 6.07) is 6.27. The Morgan fingerprint density at radius 3 is 2.81 bits per heavy atom. The second kappa shape index (κ2) is 8.59. The van der Waals surface area contributed by atoms with Crippen molar-refractivity contribution in [2.45, 2.75) is 33.2 Å². The van der Waals surface area contributed by atoms with Crippen LogP contribution in [-0.4, -0.2) is 23.0 Å². The number of nitrogens with zero attached hydrogens (tertiary/aromatic N) is 1. The molecule has 3 heteroatoms. The highest BCUT2D eigenvalue weighted by atomic mass is 32.2. The molecule has 0 aliphatic rings. The van der Waals surface area contributed by atoms with Crippen LogP contribution in [0, 0.1) is 0 Å². The van der Waals surface area contributed by atoms with Crippen molar-refractivity contribution in [3.8, 4) is 0 Å². The van der Waals surface area contributed by atoms with E-state index in [0.29, 0.717) is 0 Å². The maximum atomic E-state index is 4.56. The Balaban J connectivity index is 2.16. The quantitative estimate of drug-likeness (QED) is 0.705. The molecule has 0 saturated carbocycles.